The van der Waals surface area contributed by atoms with Gasteiger partial charge in [0.15, 0.2) is 5.82 Å². The Hall–Kier alpha value is -2.51. The van der Waals surface area contributed by atoms with Crippen molar-refractivity contribution < 1.29 is 4.79 Å². The van der Waals surface area contributed by atoms with Gasteiger partial charge in [-0.3, -0.25) is 14.4 Å². The standard InChI is InChI=1S/C23H24ClN5OS/c1-14-22-27-26-15(2)29(22)23-18(21(25-14)17-8-4-5-9-19(17)24)12-16(31-23)13-20(30)28-10-6-3-7-11-28/h4-5,8-9,12,14H,3,6-7,10-11,13H2,1-2H3. The number of carbonyl (C=O) groups excluding carboxylic acids is 1. The summed E-state index contributed by atoms with van der Waals surface area (Å²) in [6.45, 7) is 5.70. The third kappa shape index (κ3) is 3.70. The van der Waals surface area contributed by atoms with Crippen LogP contribution < -0.4 is 0 Å². The van der Waals surface area contributed by atoms with Crippen LogP contribution in [-0.2, 0) is 11.2 Å². The lowest BCUT2D eigenvalue weighted by Crippen LogP contribution is -2.36. The summed E-state index contributed by atoms with van der Waals surface area (Å²) in [6.07, 6.45) is 3.80. The molecule has 0 aliphatic carbocycles. The van der Waals surface area contributed by atoms with E-state index in [-0.39, 0.29) is 11.9 Å². The molecule has 31 heavy (non-hydrogen) atoms. The molecule has 6 nitrogen and oxygen atoms in total. The molecule has 1 fully saturated rings. The van der Waals surface area contributed by atoms with Crippen LogP contribution in [0.2, 0.25) is 5.02 Å². The molecule has 1 unspecified atom stereocenters. The van der Waals surface area contributed by atoms with E-state index in [2.05, 4.69) is 20.8 Å². The Bertz CT molecular complexity index is 1170. The van der Waals surface area contributed by atoms with Crippen LogP contribution in [0.3, 0.4) is 0 Å². The Labute approximate surface area is 190 Å². The minimum Gasteiger partial charge on any atom is -0.342 e. The molecule has 0 N–H and O–H groups in total. The van der Waals surface area contributed by atoms with Crippen molar-refractivity contribution >= 4 is 34.6 Å². The number of amides is 1. The lowest BCUT2D eigenvalue weighted by atomic mass is 10.0. The van der Waals surface area contributed by atoms with Gasteiger partial charge in [0.1, 0.15) is 16.9 Å². The largest absolute Gasteiger partial charge is 0.342 e. The summed E-state index contributed by atoms with van der Waals surface area (Å²) in [7, 11) is 0. The Morgan fingerprint density at radius 3 is 2.71 bits per heavy atom. The van der Waals surface area contributed by atoms with Crippen molar-refractivity contribution in [1.82, 2.24) is 19.7 Å². The van der Waals surface area contributed by atoms with Gasteiger partial charge in [-0.15, -0.1) is 21.5 Å². The molecule has 2 aromatic heterocycles. The summed E-state index contributed by atoms with van der Waals surface area (Å²) in [5.41, 5.74) is 2.71. The highest BCUT2D eigenvalue weighted by atomic mass is 35.5. The molecule has 2 aliphatic rings. The molecule has 8 heteroatoms. The number of carbonyl (C=O) groups is 1. The van der Waals surface area contributed by atoms with E-state index in [1.54, 1.807) is 11.3 Å². The summed E-state index contributed by atoms with van der Waals surface area (Å²) in [5.74, 6) is 1.81. The fourth-order valence-electron chi connectivity index (χ4n) is 4.35. The topological polar surface area (TPSA) is 63.4 Å². The van der Waals surface area contributed by atoms with Crippen LogP contribution in [-0.4, -0.2) is 44.4 Å². The number of hydrogen-bond donors (Lipinski definition) is 0. The molecule has 3 aromatic rings. The van der Waals surface area contributed by atoms with Crippen LogP contribution in [0.4, 0.5) is 0 Å². The number of thiophene rings is 1. The van der Waals surface area contributed by atoms with E-state index < -0.39 is 0 Å². The van der Waals surface area contributed by atoms with Crippen LogP contribution in [0.15, 0.2) is 35.3 Å². The van der Waals surface area contributed by atoms with Gasteiger partial charge < -0.3 is 4.90 Å². The lowest BCUT2D eigenvalue weighted by molar-refractivity contribution is -0.131. The van der Waals surface area contributed by atoms with Crippen LogP contribution in [0, 0.1) is 6.92 Å². The van der Waals surface area contributed by atoms with Gasteiger partial charge >= 0.3 is 0 Å². The second-order valence-corrected chi connectivity index (χ2v) is 9.65. The first-order valence-corrected chi connectivity index (χ1v) is 11.9. The quantitative estimate of drug-likeness (QED) is 0.574. The van der Waals surface area contributed by atoms with E-state index in [4.69, 9.17) is 16.6 Å². The predicted octanol–water partition coefficient (Wildman–Crippen LogP) is 4.76. The first-order valence-electron chi connectivity index (χ1n) is 10.7. The van der Waals surface area contributed by atoms with E-state index in [0.717, 1.165) is 64.3 Å². The Morgan fingerprint density at radius 2 is 1.94 bits per heavy atom. The van der Waals surface area contributed by atoms with Gasteiger partial charge in [-0.05, 0) is 45.2 Å². The summed E-state index contributed by atoms with van der Waals surface area (Å²) in [4.78, 5) is 20.9. The van der Waals surface area contributed by atoms with Gasteiger partial charge in [-0.2, -0.15) is 0 Å². The SMILES string of the molecule is Cc1nnc2n1-c1sc(CC(=O)N3CCCCC3)cc1C(c1ccccc1Cl)=NC2C. The number of piperidine rings is 1. The number of aryl methyl sites for hydroxylation is 1. The number of halogens is 1. The minimum absolute atomic E-state index is 0.162. The zero-order valence-corrected chi connectivity index (χ0v) is 19.2. The molecular formula is C23H24ClN5OS. The number of aliphatic imine (C=N–C) groups is 1. The fourth-order valence-corrected chi connectivity index (χ4v) is 5.78. The Balaban J connectivity index is 1.60. The summed E-state index contributed by atoms with van der Waals surface area (Å²) >= 11 is 8.18. The van der Waals surface area contributed by atoms with Crippen molar-refractivity contribution in [3.8, 4) is 5.00 Å². The maximum absolute atomic E-state index is 12.9. The highest BCUT2D eigenvalue weighted by Gasteiger charge is 2.29. The molecule has 160 valence electrons. The third-order valence-electron chi connectivity index (χ3n) is 5.93. The molecule has 0 saturated carbocycles. The van der Waals surface area contributed by atoms with Crippen LogP contribution in [0.25, 0.3) is 5.00 Å². The number of nitrogens with zero attached hydrogens (tertiary/aromatic N) is 5. The highest BCUT2D eigenvalue weighted by molar-refractivity contribution is 7.15. The lowest BCUT2D eigenvalue weighted by Gasteiger charge is -2.26. The number of fused-ring (bicyclic) bond motifs is 3. The van der Waals surface area contributed by atoms with Gasteiger partial charge in [0, 0.05) is 34.1 Å². The third-order valence-corrected chi connectivity index (χ3v) is 7.38. The number of hydrogen-bond acceptors (Lipinski definition) is 5. The average molecular weight is 454 g/mol. The maximum Gasteiger partial charge on any atom is 0.227 e. The minimum atomic E-state index is -0.162. The number of aromatic nitrogens is 3. The van der Waals surface area contributed by atoms with Crippen LogP contribution in [0.1, 0.15) is 59.9 Å². The highest BCUT2D eigenvalue weighted by Crippen LogP contribution is 2.37. The molecule has 1 atom stereocenters. The molecule has 1 aromatic carbocycles. The van der Waals surface area contributed by atoms with Gasteiger partial charge in [-0.1, -0.05) is 29.8 Å². The molecule has 5 rings (SSSR count). The van der Waals surface area contributed by atoms with E-state index in [1.165, 1.54) is 6.42 Å². The molecule has 2 aliphatic heterocycles. The zero-order valence-electron chi connectivity index (χ0n) is 17.6. The van der Waals surface area contributed by atoms with Crippen molar-refractivity contribution in [2.24, 2.45) is 4.99 Å². The molecule has 0 bridgehead atoms. The predicted molar refractivity (Wildman–Crippen MR) is 124 cm³/mol. The van der Waals surface area contributed by atoms with E-state index >= 15 is 0 Å². The summed E-state index contributed by atoms with van der Waals surface area (Å²) < 4.78 is 2.08. The first kappa shape index (κ1) is 20.4. The van der Waals surface area contributed by atoms with E-state index in [9.17, 15) is 4.79 Å². The second kappa shape index (κ2) is 8.20. The first-order chi connectivity index (χ1) is 15.0. The van der Waals surface area contributed by atoms with Crippen molar-refractivity contribution in [2.75, 3.05) is 13.1 Å². The van der Waals surface area contributed by atoms with Crippen molar-refractivity contribution in [3.63, 3.8) is 0 Å². The van der Waals surface area contributed by atoms with Crippen molar-refractivity contribution in [2.45, 2.75) is 45.6 Å². The molecule has 4 heterocycles. The molecule has 1 saturated heterocycles. The van der Waals surface area contributed by atoms with Gasteiger partial charge in [0.2, 0.25) is 5.91 Å². The number of benzene rings is 1. The summed E-state index contributed by atoms with van der Waals surface area (Å²) in [6, 6.07) is 9.71. The average Bonchev–Trinajstić information content (AvgIpc) is 3.33. The Kier molecular flexibility index (Phi) is 5.40. The van der Waals surface area contributed by atoms with Crippen LogP contribution in [0.5, 0.6) is 0 Å². The Morgan fingerprint density at radius 1 is 1.16 bits per heavy atom. The smallest absolute Gasteiger partial charge is 0.227 e. The van der Waals surface area contributed by atoms with Gasteiger partial charge in [0.05, 0.1) is 12.1 Å². The molecule has 0 radical (unpaired) electrons. The van der Waals surface area contributed by atoms with Crippen molar-refractivity contribution in [1.29, 1.82) is 0 Å². The van der Waals surface area contributed by atoms with E-state index in [1.807, 2.05) is 43.0 Å². The monoisotopic (exact) mass is 453 g/mol. The number of likely N-dealkylation sites (tertiary alicyclic amines) is 1. The van der Waals surface area contributed by atoms with Gasteiger partial charge in [-0.25, -0.2) is 0 Å². The van der Waals surface area contributed by atoms with Crippen LogP contribution >= 0.6 is 22.9 Å². The molecule has 0 spiro atoms. The molecule has 1 amide bonds. The van der Waals surface area contributed by atoms with E-state index in [0.29, 0.717) is 11.4 Å². The maximum atomic E-state index is 12.9. The fraction of sp³-hybridized carbons (Fsp3) is 0.391. The second-order valence-electron chi connectivity index (χ2n) is 8.12. The normalized spacial score (nSPS) is 18.2. The summed E-state index contributed by atoms with van der Waals surface area (Å²) in [5, 5.41) is 10.4. The molecular weight excluding hydrogens is 430 g/mol. The number of rotatable bonds is 3. The van der Waals surface area contributed by atoms with Crippen molar-refractivity contribution in [3.05, 3.63) is 63.0 Å². The van der Waals surface area contributed by atoms with Gasteiger partial charge in [0.25, 0.3) is 0 Å². The zero-order chi connectivity index (χ0) is 21.5.